The van der Waals surface area contributed by atoms with Crippen molar-refractivity contribution in [3.05, 3.63) is 11.6 Å². The molecule has 0 amide bonds. The number of rotatable bonds is 2. The molecule has 0 aliphatic carbocycles. The van der Waals surface area contributed by atoms with Crippen molar-refractivity contribution in [1.82, 2.24) is 0 Å². The molecule has 0 N–H and O–H groups in total. The van der Waals surface area contributed by atoms with E-state index in [0.717, 1.165) is 0 Å². The van der Waals surface area contributed by atoms with Crippen LogP contribution in [0.1, 0.15) is 6.92 Å². The van der Waals surface area contributed by atoms with Crippen LogP contribution in [0.3, 0.4) is 0 Å². The van der Waals surface area contributed by atoms with Gasteiger partial charge in [-0.1, -0.05) is 0 Å². The normalized spacial score (nSPS) is 11.0. The SMILES string of the molecule is C=[S+]/C=C\N=CC. The van der Waals surface area contributed by atoms with Crippen LogP contribution in [0.25, 0.3) is 0 Å². The third-order valence-electron chi connectivity index (χ3n) is 0.392. The summed E-state index contributed by atoms with van der Waals surface area (Å²) in [7, 11) is 0. The van der Waals surface area contributed by atoms with Crippen LogP contribution in [0.5, 0.6) is 0 Å². The summed E-state index contributed by atoms with van der Waals surface area (Å²) in [5, 5.41) is 1.82. The zero-order valence-corrected chi connectivity index (χ0v) is 5.11. The number of hydrogen-bond acceptors (Lipinski definition) is 1. The molecule has 0 radical (unpaired) electrons. The highest BCUT2D eigenvalue weighted by atomic mass is 32.1. The standard InChI is InChI=1S/C5H8NS/c1-3-6-4-5-7-2/h3-5H,2H2,1H3/q+1/b5-4-,6-3?. The lowest BCUT2D eigenvalue weighted by atomic mass is 10.9. The highest BCUT2D eigenvalue weighted by Gasteiger charge is 1.66. The van der Waals surface area contributed by atoms with Gasteiger partial charge in [-0.05, 0) is 6.92 Å². The summed E-state index contributed by atoms with van der Waals surface area (Å²) in [5.74, 6) is 3.51. The van der Waals surface area contributed by atoms with E-state index in [1.165, 1.54) is 11.4 Å². The summed E-state index contributed by atoms with van der Waals surface area (Å²) in [6.45, 7) is 1.87. The van der Waals surface area contributed by atoms with Crippen LogP contribution in [-0.2, 0) is 11.4 Å². The van der Waals surface area contributed by atoms with Crippen LogP contribution < -0.4 is 0 Å². The Morgan fingerprint density at radius 3 is 2.86 bits per heavy atom. The van der Waals surface area contributed by atoms with Crippen molar-refractivity contribution in [2.24, 2.45) is 4.99 Å². The summed E-state index contributed by atoms with van der Waals surface area (Å²) in [5.41, 5.74) is 0. The molecule has 0 spiro atoms. The molecule has 0 aliphatic rings. The fourth-order valence-corrected chi connectivity index (χ4v) is 0.321. The maximum absolute atomic E-state index is 3.80. The van der Waals surface area contributed by atoms with Crippen molar-refractivity contribution in [2.75, 3.05) is 0 Å². The minimum Gasteiger partial charge on any atom is -0.264 e. The van der Waals surface area contributed by atoms with Gasteiger partial charge in [-0.15, -0.1) is 0 Å². The molecule has 0 saturated carbocycles. The first kappa shape index (κ1) is 6.50. The fourth-order valence-electron chi connectivity index (χ4n) is 0.164. The Morgan fingerprint density at radius 2 is 2.43 bits per heavy atom. The van der Waals surface area contributed by atoms with Gasteiger partial charge in [0.1, 0.15) is 0 Å². The van der Waals surface area contributed by atoms with Crippen molar-refractivity contribution in [3.63, 3.8) is 0 Å². The molecule has 1 nitrogen and oxygen atoms in total. The number of aliphatic imine (C=N–C) groups is 1. The minimum atomic E-state index is 1.40. The topological polar surface area (TPSA) is 12.4 Å². The van der Waals surface area contributed by atoms with E-state index in [4.69, 9.17) is 0 Å². The molecule has 0 bridgehead atoms. The van der Waals surface area contributed by atoms with Crippen molar-refractivity contribution >= 4 is 23.4 Å². The average molecular weight is 114 g/mol. The Kier molecular flexibility index (Phi) is 5.11. The van der Waals surface area contributed by atoms with Gasteiger partial charge in [-0.25, -0.2) is 0 Å². The highest BCUT2D eigenvalue weighted by Crippen LogP contribution is 1.68. The van der Waals surface area contributed by atoms with E-state index in [1.807, 2.05) is 12.3 Å². The molecule has 0 saturated heterocycles. The van der Waals surface area contributed by atoms with Crippen LogP contribution >= 0.6 is 0 Å². The van der Waals surface area contributed by atoms with Crippen molar-refractivity contribution in [1.29, 1.82) is 0 Å². The predicted octanol–water partition coefficient (Wildman–Crippen LogP) is 1.06. The van der Waals surface area contributed by atoms with Gasteiger partial charge in [0.25, 0.3) is 0 Å². The third kappa shape index (κ3) is 5.50. The molecular formula is C5H8NS+. The van der Waals surface area contributed by atoms with E-state index in [2.05, 4.69) is 10.9 Å². The Hall–Kier alpha value is -0.500. The molecule has 0 aromatic heterocycles. The lowest BCUT2D eigenvalue weighted by Gasteiger charge is -1.59. The summed E-state index contributed by atoms with van der Waals surface area (Å²) < 4.78 is 0. The molecule has 2 heteroatoms. The molecule has 0 heterocycles. The monoisotopic (exact) mass is 114 g/mol. The summed E-state index contributed by atoms with van der Waals surface area (Å²) in [4.78, 5) is 3.80. The second kappa shape index (κ2) is 5.50. The van der Waals surface area contributed by atoms with Crippen molar-refractivity contribution < 1.29 is 0 Å². The quantitative estimate of drug-likeness (QED) is 0.289. The van der Waals surface area contributed by atoms with Crippen molar-refractivity contribution in [2.45, 2.75) is 6.92 Å². The van der Waals surface area contributed by atoms with Crippen LogP contribution in [0.15, 0.2) is 16.6 Å². The zero-order chi connectivity index (χ0) is 5.54. The maximum Gasteiger partial charge on any atom is 0.213 e. The first-order valence-corrected chi connectivity index (χ1v) is 3.00. The third-order valence-corrected chi connectivity index (χ3v) is 0.706. The van der Waals surface area contributed by atoms with Crippen LogP contribution in [0.2, 0.25) is 0 Å². The molecule has 0 aromatic rings. The van der Waals surface area contributed by atoms with Gasteiger partial charge in [0.15, 0.2) is 5.87 Å². The number of nitrogens with zero attached hydrogens (tertiary/aromatic N) is 1. The van der Waals surface area contributed by atoms with Gasteiger partial charge in [0, 0.05) is 6.21 Å². The number of hydrogen-bond donors (Lipinski definition) is 0. The fraction of sp³-hybridized carbons (Fsp3) is 0.200. The first-order valence-electron chi connectivity index (χ1n) is 1.95. The van der Waals surface area contributed by atoms with E-state index < -0.39 is 0 Å². The minimum absolute atomic E-state index is 1.40. The van der Waals surface area contributed by atoms with Crippen LogP contribution in [0.4, 0.5) is 0 Å². The zero-order valence-electron chi connectivity index (χ0n) is 4.29. The molecule has 0 aliphatic heterocycles. The molecule has 7 heavy (non-hydrogen) atoms. The summed E-state index contributed by atoms with van der Waals surface area (Å²) in [6, 6.07) is 0. The smallest absolute Gasteiger partial charge is 0.213 e. The summed E-state index contributed by atoms with van der Waals surface area (Å²) in [6.07, 6.45) is 3.43. The van der Waals surface area contributed by atoms with Gasteiger partial charge in [0.05, 0.1) is 6.20 Å². The Bertz CT molecular complexity index is 94.3. The molecule has 38 valence electrons. The second-order valence-electron chi connectivity index (χ2n) is 0.859. The molecule has 0 rings (SSSR count). The van der Waals surface area contributed by atoms with Crippen LogP contribution in [-0.4, -0.2) is 12.1 Å². The Morgan fingerprint density at radius 1 is 1.71 bits per heavy atom. The van der Waals surface area contributed by atoms with E-state index in [9.17, 15) is 0 Å². The maximum atomic E-state index is 3.80. The van der Waals surface area contributed by atoms with E-state index in [1.54, 1.807) is 12.4 Å². The molecule has 0 fully saturated rings. The second-order valence-corrected chi connectivity index (χ2v) is 1.46. The van der Waals surface area contributed by atoms with E-state index in [-0.39, 0.29) is 0 Å². The first-order chi connectivity index (χ1) is 3.41. The van der Waals surface area contributed by atoms with E-state index in [0.29, 0.717) is 0 Å². The average Bonchev–Trinajstić information content (AvgIpc) is 1.69. The largest absolute Gasteiger partial charge is 0.264 e. The predicted molar refractivity (Wildman–Crippen MR) is 37.8 cm³/mol. The van der Waals surface area contributed by atoms with Gasteiger partial charge in [0.2, 0.25) is 16.8 Å². The van der Waals surface area contributed by atoms with Gasteiger partial charge in [-0.3, -0.25) is 4.99 Å². The molecular weight excluding hydrogens is 106 g/mol. The van der Waals surface area contributed by atoms with Gasteiger partial charge >= 0.3 is 0 Å². The molecule has 0 aromatic carbocycles. The lowest BCUT2D eigenvalue weighted by Crippen LogP contribution is -1.53. The molecule has 0 unspecified atom stereocenters. The summed E-state index contributed by atoms with van der Waals surface area (Å²) >= 11 is 1.40. The Balaban J connectivity index is 3.27. The van der Waals surface area contributed by atoms with E-state index >= 15 is 0 Å². The Labute approximate surface area is 47.7 Å². The van der Waals surface area contributed by atoms with Gasteiger partial charge < -0.3 is 0 Å². The lowest BCUT2D eigenvalue weighted by molar-refractivity contribution is 1.60. The highest BCUT2D eigenvalue weighted by molar-refractivity contribution is 7.79. The van der Waals surface area contributed by atoms with Gasteiger partial charge in [-0.2, -0.15) is 0 Å². The molecule has 0 atom stereocenters. The van der Waals surface area contributed by atoms with Crippen LogP contribution in [0, 0.1) is 0 Å². The van der Waals surface area contributed by atoms with Crippen molar-refractivity contribution in [3.8, 4) is 0 Å².